The molecule has 2 rings (SSSR count). The maximum Gasteiger partial charge on any atom is 0.182 e. The summed E-state index contributed by atoms with van der Waals surface area (Å²) in [6.07, 6.45) is -3.61. The van der Waals surface area contributed by atoms with Crippen molar-refractivity contribution in [3.63, 3.8) is 0 Å². The Morgan fingerprint density at radius 2 is 1.84 bits per heavy atom. The van der Waals surface area contributed by atoms with Crippen LogP contribution in [0.1, 0.15) is 30.6 Å². The molecule has 0 radical (unpaired) electrons. The van der Waals surface area contributed by atoms with Gasteiger partial charge in [0.1, 0.15) is 30.2 Å². The van der Waals surface area contributed by atoms with E-state index >= 15 is 0 Å². The van der Waals surface area contributed by atoms with E-state index in [9.17, 15) is 20.4 Å². The standard InChI is InChI=1S/C11H19N3O5/c15-5-6(16)8(17)9(18)10(19)11-12-7-3-1-2-4-14(7)13-11/h6,8-10,15-19H,1-5H2/t6-,8-,9-,10+/m1/s1. The van der Waals surface area contributed by atoms with E-state index in [4.69, 9.17) is 5.11 Å². The summed E-state index contributed by atoms with van der Waals surface area (Å²) < 4.78 is 1.67. The average molecular weight is 273 g/mol. The number of hydrogen-bond acceptors (Lipinski definition) is 7. The first-order chi connectivity index (χ1) is 9.04. The Bertz CT molecular complexity index is 401. The lowest BCUT2D eigenvalue weighted by molar-refractivity contribution is -0.118. The highest BCUT2D eigenvalue weighted by Gasteiger charge is 2.33. The monoisotopic (exact) mass is 273 g/mol. The summed E-state index contributed by atoms with van der Waals surface area (Å²) >= 11 is 0. The molecule has 0 saturated heterocycles. The number of aromatic nitrogens is 3. The molecule has 0 aliphatic carbocycles. The minimum atomic E-state index is -1.67. The molecular formula is C11H19N3O5. The third-order valence-electron chi connectivity index (χ3n) is 3.30. The summed E-state index contributed by atoms with van der Waals surface area (Å²) in [4.78, 5) is 4.13. The lowest BCUT2D eigenvalue weighted by Gasteiger charge is -2.23. The molecule has 0 bridgehead atoms. The van der Waals surface area contributed by atoms with Gasteiger partial charge in [0, 0.05) is 13.0 Å². The maximum atomic E-state index is 9.91. The fourth-order valence-corrected chi connectivity index (χ4v) is 2.10. The zero-order chi connectivity index (χ0) is 14.0. The second-order valence-electron chi connectivity index (χ2n) is 4.74. The van der Waals surface area contributed by atoms with Crippen LogP contribution in [0, 0.1) is 0 Å². The average Bonchev–Trinajstić information content (AvgIpc) is 2.87. The van der Waals surface area contributed by atoms with Gasteiger partial charge in [-0.25, -0.2) is 9.67 Å². The molecule has 0 unspecified atom stereocenters. The second kappa shape index (κ2) is 5.93. The predicted molar refractivity (Wildman–Crippen MR) is 63.0 cm³/mol. The first-order valence-electron chi connectivity index (χ1n) is 6.31. The lowest BCUT2D eigenvalue weighted by Crippen LogP contribution is -2.42. The molecule has 0 saturated carbocycles. The van der Waals surface area contributed by atoms with Crippen LogP contribution in [0.4, 0.5) is 0 Å². The largest absolute Gasteiger partial charge is 0.394 e. The van der Waals surface area contributed by atoms with E-state index < -0.39 is 31.0 Å². The topological polar surface area (TPSA) is 132 Å². The van der Waals surface area contributed by atoms with Crippen molar-refractivity contribution < 1.29 is 25.5 Å². The summed E-state index contributed by atoms with van der Waals surface area (Å²) in [5.41, 5.74) is 0. The molecular weight excluding hydrogens is 254 g/mol. The van der Waals surface area contributed by atoms with E-state index in [0.29, 0.717) is 6.54 Å². The second-order valence-corrected chi connectivity index (χ2v) is 4.74. The number of aliphatic hydroxyl groups is 5. The zero-order valence-corrected chi connectivity index (χ0v) is 10.4. The highest BCUT2D eigenvalue weighted by Crippen LogP contribution is 2.20. The molecule has 2 heterocycles. The van der Waals surface area contributed by atoms with Crippen molar-refractivity contribution in [2.45, 2.75) is 50.2 Å². The van der Waals surface area contributed by atoms with Gasteiger partial charge < -0.3 is 25.5 Å². The van der Waals surface area contributed by atoms with Gasteiger partial charge in [-0.15, -0.1) is 0 Å². The van der Waals surface area contributed by atoms with E-state index in [0.717, 1.165) is 25.1 Å². The van der Waals surface area contributed by atoms with Gasteiger partial charge in [0.2, 0.25) is 0 Å². The van der Waals surface area contributed by atoms with Crippen molar-refractivity contribution in [1.82, 2.24) is 14.8 Å². The van der Waals surface area contributed by atoms with Crippen LogP contribution in [0.25, 0.3) is 0 Å². The number of aryl methyl sites for hydroxylation is 2. The van der Waals surface area contributed by atoms with Crippen molar-refractivity contribution >= 4 is 0 Å². The van der Waals surface area contributed by atoms with Crippen LogP contribution in [0.5, 0.6) is 0 Å². The molecule has 1 aliphatic rings. The van der Waals surface area contributed by atoms with Crippen LogP contribution in [0.2, 0.25) is 0 Å². The highest BCUT2D eigenvalue weighted by molar-refractivity contribution is 5.01. The molecule has 5 N–H and O–H groups in total. The van der Waals surface area contributed by atoms with Crippen LogP contribution in [-0.2, 0) is 13.0 Å². The molecule has 0 aromatic carbocycles. The van der Waals surface area contributed by atoms with Crippen molar-refractivity contribution in [2.75, 3.05) is 6.61 Å². The summed E-state index contributed by atoms with van der Waals surface area (Å²) in [5, 5.41) is 51.2. The lowest BCUT2D eigenvalue weighted by atomic mass is 10.0. The first-order valence-corrected chi connectivity index (χ1v) is 6.31. The van der Waals surface area contributed by atoms with Crippen molar-refractivity contribution in [3.05, 3.63) is 11.6 Å². The van der Waals surface area contributed by atoms with Gasteiger partial charge >= 0.3 is 0 Å². The third-order valence-corrected chi connectivity index (χ3v) is 3.30. The Labute approximate surface area is 110 Å². The number of aliphatic hydroxyl groups excluding tert-OH is 5. The van der Waals surface area contributed by atoms with Gasteiger partial charge in [-0.05, 0) is 12.8 Å². The Morgan fingerprint density at radius 3 is 2.47 bits per heavy atom. The van der Waals surface area contributed by atoms with E-state index in [1.807, 2.05) is 0 Å². The van der Waals surface area contributed by atoms with E-state index in [1.54, 1.807) is 4.68 Å². The minimum Gasteiger partial charge on any atom is -0.394 e. The Morgan fingerprint density at radius 1 is 1.11 bits per heavy atom. The molecule has 1 aromatic heterocycles. The maximum absolute atomic E-state index is 9.91. The van der Waals surface area contributed by atoms with Gasteiger partial charge in [-0.3, -0.25) is 0 Å². The van der Waals surface area contributed by atoms with E-state index in [-0.39, 0.29) is 5.82 Å². The van der Waals surface area contributed by atoms with Crippen LogP contribution in [0.3, 0.4) is 0 Å². The summed E-state index contributed by atoms with van der Waals surface area (Å²) in [5.74, 6) is 0.762. The quantitative estimate of drug-likeness (QED) is 0.408. The molecule has 0 spiro atoms. The van der Waals surface area contributed by atoms with Crippen molar-refractivity contribution in [2.24, 2.45) is 0 Å². The van der Waals surface area contributed by atoms with Crippen LogP contribution in [-0.4, -0.2) is 65.2 Å². The van der Waals surface area contributed by atoms with Gasteiger partial charge in [0.25, 0.3) is 0 Å². The fourth-order valence-electron chi connectivity index (χ4n) is 2.10. The SMILES string of the molecule is OC[C@@H](O)[C@@H](O)[C@@H](O)[C@H](O)c1nc2n(n1)CCCC2. The van der Waals surface area contributed by atoms with Crippen LogP contribution < -0.4 is 0 Å². The molecule has 108 valence electrons. The third kappa shape index (κ3) is 2.93. The number of rotatable bonds is 5. The molecule has 19 heavy (non-hydrogen) atoms. The van der Waals surface area contributed by atoms with E-state index in [1.165, 1.54) is 0 Å². The molecule has 0 amide bonds. The Kier molecular flexibility index (Phi) is 4.48. The molecule has 1 aromatic rings. The summed E-state index contributed by atoms with van der Waals surface area (Å²) in [7, 11) is 0. The molecule has 1 aliphatic heterocycles. The molecule has 8 heteroatoms. The van der Waals surface area contributed by atoms with Crippen LogP contribution >= 0.6 is 0 Å². The highest BCUT2D eigenvalue weighted by atomic mass is 16.4. The number of fused-ring (bicyclic) bond motifs is 1. The predicted octanol–water partition coefficient (Wildman–Crippen LogP) is -2.28. The fraction of sp³-hybridized carbons (Fsp3) is 0.818. The van der Waals surface area contributed by atoms with Gasteiger partial charge in [-0.2, -0.15) is 5.10 Å². The summed E-state index contributed by atoms with van der Waals surface area (Å²) in [6, 6.07) is 0. The van der Waals surface area contributed by atoms with Crippen molar-refractivity contribution in [1.29, 1.82) is 0 Å². The molecule has 8 nitrogen and oxygen atoms in total. The van der Waals surface area contributed by atoms with Gasteiger partial charge in [0.15, 0.2) is 5.82 Å². The van der Waals surface area contributed by atoms with Gasteiger partial charge in [-0.1, -0.05) is 0 Å². The molecule has 0 fully saturated rings. The van der Waals surface area contributed by atoms with E-state index in [2.05, 4.69) is 10.1 Å². The van der Waals surface area contributed by atoms with Crippen LogP contribution in [0.15, 0.2) is 0 Å². The zero-order valence-electron chi connectivity index (χ0n) is 10.4. The Balaban J connectivity index is 2.10. The minimum absolute atomic E-state index is 0.0218. The molecule has 4 atom stereocenters. The number of nitrogens with zero attached hydrogens (tertiary/aromatic N) is 3. The summed E-state index contributed by atoms with van der Waals surface area (Å²) in [6.45, 7) is 0.00499. The van der Waals surface area contributed by atoms with Crippen molar-refractivity contribution in [3.8, 4) is 0 Å². The number of hydrogen-bond donors (Lipinski definition) is 5. The normalized spacial score (nSPS) is 21.5. The Hall–Kier alpha value is -1.06. The smallest absolute Gasteiger partial charge is 0.182 e. The first kappa shape index (κ1) is 14.4. The van der Waals surface area contributed by atoms with Gasteiger partial charge in [0.05, 0.1) is 6.61 Å².